The van der Waals surface area contributed by atoms with Crippen LogP contribution in [0.15, 0.2) is 23.1 Å². The smallest absolute Gasteiger partial charge is 0.265 e. The first-order valence-corrected chi connectivity index (χ1v) is 7.10. The fourth-order valence-electron chi connectivity index (χ4n) is 1.88. The summed E-state index contributed by atoms with van der Waals surface area (Å²) in [6, 6.07) is 4.37. The van der Waals surface area contributed by atoms with Crippen LogP contribution >= 0.6 is 0 Å². The van der Waals surface area contributed by atoms with Gasteiger partial charge in [-0.3, -0.25) is 9.82 Å². The minimum absolute atomic E-state index is 0.0394. The number of nitrogens with zero attached hydrogens (tertiary/aromatic N) is 1. The molecule has 19 heavy (non-hydrogen) atoms. The SMILES string of the molecule is Cc1cccc(F)c1NS(=O)(=O)c1c(C)n[nH]c1C. The van der Waals surface area contributed by atoms with Crippen molar-refractivity contribution in [1.82, 2.24) is 10.2 Å². The number of para-hydroxylation sites is 1. The number of aromatic amines is 1. The molecule has 0 radical (unpaired) electrons. The van der Waals surface area contributed by atoms with Crippen LogP contribution in [0.5, 0.6) is 0 Å². The molecule has 0 saturated carbocycles. The van der Waals surface area contributed by atoms with Crippen LogP contribution in [-0.2, 0) is 10.0 Å². The van der Waals surface area contributed by atoms with Crippen LogP contribution in [0.3, 0.4) is 0 Å². The predicted octanol–water partition coefficient (Wildman–Crippen LogP) is 2.27. The number of H-pyrrole nitrogens is 1. The molecule has 0 fully saturated rings. The van der Waals surface area contributed by atoms with E-state index in [1.165, 1.54) is 12.1 Å². The van der Waals surface area contributed by atoms with Crippen molar-refractivity contribution in [3.63, 3.8) is 0 Å². The Morgan fingerprint density at radius 1 is 1.26 bits per heavy atom. The van der Waals surface area contributed by atoms with Crippen molar-refractivity contribution in [2.45, 2.75) is 25.7 Å². The number of aryl methyl sites for hydroxylation is 3. The van der Waals surface area contributed by atoms with Gasteiger partial charge in [-0.1, -0.05) is 12.1 Å². The molecule has 2 N–H and O–H groups in total. The summed E-state index contributed by atoms with van der Waals surface area (Å²) >= 11 is 0. The number of hydrogen-bond acceptors (Lipinski definition) is 3. The third-order valence-electron chi connectivity index (χ3n) is 2.79. The molecule has 0 aliphatic heterocycles. The van der Waals surface area contributed by atoms with Gasteiger partial charge in [-0.25, -0.2) is 12.8 Å². The number of hydrogen-bond donors (Lipinski definition) is 2. The number of anilines is 1. The molecule has 1 aromatic heterocycles. The van der Waals surface area contributed by atoms with Crippen molar-refractivity contribution in [3.05, 3.63) is 41.0 Å². The fourth-order valence-corrected chi connectivity index (χ4v) is 3.40. The normalized spacial score (nSPS) is 11.6. The second-order valence-corrected chi connectivity index (χ2v) is 5.92. The summed E-state index contributed by atoms with van der Waals surface area (Å²) in [5.74, 6) is -0.609. The van der Waals surface area contributed by atoms with Crippen molar-refractivity contribution in [3.8, 4) is 0 Å². The third kappa shape index (κ3) is 2.46. The van der Waals surface area contributed by atoms with Gasteiger partial charge in [-0.2, -0.15) is 5.10 Å². The maximum Gasteiger partial charge on any atom is 0.265 e. The molecule has 0 aliphatic rings. The average Bonchev–Trinajstić information content (AvgIpc) is 2.64. The highest BCUT2D eigenvalue weighted by Gasteiger charge is 2.23. The minimum Gasteiger partial charge on any atom is -0.281 e. The highest BCUT2D eigenvalue weighted by Crippen LogP contribution is 2.25. The average molecular weight is 283 g/mol. The molecule has 0 aliphatic carbocycles. The van der Waals surface area contributed by atoms with E-state index < -0.39 is 15.8 Å². The van der Waals surface area contributed by atoms with Crippen molar-refractivity contribution < 1.29 is 12.8 Å². The molecule has 5 nitrogen and oxygen atoms in total. The van der Waals surface area contributed by atoms with E-state index in [0.717, 1.165) is 0 Å². The van der Waals surface area contributed by atoms with Crippen molar-refractivity contribution in [2.24, 2.45) is 0 Å². The fraction of sp³-hybridized carbons (Fsp3) is 0.250. The van der Waals surface area contributed by atoms with E-state index in [1.807, 2.05) is 0 Å². The topological polar surface area (TPSA) is 74.8 Å². The molecule has 0 atom stereocenters. The zero-order chi connectivity index (χ0) is 14.2. The lowest BCUT2D eigenvalue weighted by atomic mass is 10.2. The molecular formula is C12H14FN3O2S. The first kappa shape index (κ1) is 13.5. The van der Waals surface area contributed by atoms with Crippen LogP contribution in [0, 0.1) is 26.6 Å². The van der Waals surface area contributed by atoms with E-state index in [2.05, 4.69) is 14.9 Å². The van der Waals surface area contributed by atoms with Gasteiger partial charge >= 0.3 is 0 Å². The molecule has 7 heteroatoms. The zero-order valence-corrected chi connectivity index (χ0v) is 11.6. The Morgan fingerprint density at radius 2 is 1.95 bits per heavy atom. The number of halogens is 1. The molecule has 1 aromatic carbocycles. The second-order valence-electron chi connectivity index (χ2n) is 4.30. The summed E-state index contributed by atoms with van der Waals surface area (Å²) in [7, 11) is -3.86. The van der Waals surface area contributed by atoms with E-state index in [1.54, 1.807) is 26.8 Å². The van der Waals surface area contributed by atoms with E-state index in [9.17, 15) is 12.8 Å². The first-order chi connectivity index (χ1) is 8.83. The lowest BCUT2D eigenvalue weighted by Gasteiger charge is -2.11. The molecule has 0 spiro atoms. The summed E-state index contributed by atoms with van der Waals surface area (Å²) in [4.78, 5) is 0.0511. The van der Waals surface area contributed by atoms with Crippen molar-refractivity contribution in [2.75, 3.05) is 4.72 Å². The maximum atomic E-state index is 13.7. The Morgan fingerprint density at radius 3 is 2.47 bits per heavy atom. The maximum absolute atomic E-state index is 13.7. The quantitative estimate of drug-likeness (QED) is 0.907. The van der Waals surface area contributed by atoms with Crippen LogP contribution in [0.4, 0.5) is 10.1 Å². The molecule has 2 rings (SSSR count). The Balaban J connectivity index is 2.49. The van der Waals surface area contributed by atoms with Crippen molar-refractivity contribution in [1.29, 1.82) is 0 Å². The molecule has 2 aromatic rings. The lowest BCUT2D eigenvalue weighted by molar-refractivity contribution is 0.597. The van der Waals surface area contributed by atoms with E-state index >= 15 is 0 Å². The Hall–Kier alpha value is -1.89. The van der Waals surface area contributed by atoms with Crippen LogP contribution in [0.1, 0.15) is 17.0 Å². The molecule has 1 heterocycles. The van der Waals surface area contributed by atoms with Gasteiger partial charge in [0.25, 0.3) is 10.0 Å². The number of sulfonamides is 1. The van der Waals surface area contributed by atoms with Gasteiger partial charge in [0.05, 0.1) is 17.1 Å². The summed E-state index contributed by atoms with van der Waals surface area (Å²) in [6.45, 7) is 4.81. The van der Waals surface area contributed by atoms with Gasteiger partial charge in [-0.15, -0.1) is 0 Å². The summed E-state index contributed by atoms with van der Waals surface area (Å²) in [5.41, 5.74) is 1.24. The molecule has 0 bridgehead atoms. The standard InChI is InChI=1S/C12H14FN3O2S/c1-7-5-4-6-10(13)11(7)16-19(17,18)12-8(2)14-15-9(12)3/h4-6,16H,1-3H3,(H,14,15). The Labute approximate surface area is 110 Å². The van der Waals surface area contributed by atoms with Gasteiger partial charge in [0.2, 0.25) is 0 Å². The molecular weight excluding hydrogens is 269 g/mol. The predicted molar refractivity (Wildman–Crippen MR) is 70.0 cm³/mol. The van der Waals surface area contributed by atoms with Gasteiger partial charge in [0, 0.05) is 0 Å². The Bertz CT molecular complexity index is 683. The summed E-state index contributed by atoms with van der Waals surface area (Å²) < 4.78 is 40.5. The molecule has 102 valence electrons. The zero-order valence-electron chi connectivity index (χ0n) is 10.8. The highest BCUT2D eigenvalue weighted by molar-refractivity contribution is 7.92. The highest BCUT2D eigenvalue weighted by atomic mass is 32.2. The molecule has 0 amide bonds. The van der Waals surface area contributed by atoms with Crippen molar-refractivity contribution >= 4 is 15.7 Å². The first-order valence-electron chi connectivity index (χ1n) is 5.62. The molecule has 0 unspecified atom stereocenters. The second kappa shape index (κ2) is 4.65. The van der Waals surface area contributed by atoms with E-state index in [0.29, 0.717) is 17.0 Å². The van der Waals surface area contributed by atoms with E-state index in [4.69, 9.17) is 0 Å². The van der Waals surface area contributed by atoms with E-state index in [-0.39, 0.29) is 10.6 Å². The largest absolute Gasteiger partial charge is 0.281 e. The summed E-state index contributed by atoms with van der Waals surface area (Å²) in [6.07, 6.45) is 0. The lowest BCUT2D eigenvalue weighted by Crippen LogP contribution is -2.16. The molecule has 0 saturated heterocycles. The third-order valence-corrected chi connectivity index (χ3v) is 4.40. The number of aromatic nitrogens is 2. The number of rotatable bonds is 3. The minimum atomic E-state index is -3.86. The van der Waals surface area contributed by atoms with Gasteiger partial charge < -0.3 is 0 Å². The van der Waals surface area contributed by atoms with Crippen LogP contribution in [0.2, 0.25) is 0 Å². The van der Waals surface area contributed by atoms with Gasteiger partial charge in [0.15, 0.2) is 0 Å². The van der Waals surface area contributed by atoms with Crippen LogP contribution in [0.25, 0.3) is 0 Å². The number of benzene rings is 1. The monoisotopic (exact) mass is 283 g/mol. The summed E-state index contributed by atoms with van der Waals surface area (Å²) in [5, 5.41) is 6.43. The van der Waals surface area contributed by atoms with Crippen LogP contribution < -0.4 is 4.72 Å². The van der Waals surface area contributed by atoms with Gasteiger partial charge in [-0.05, 0) is 32.4 Å². The number of nitrogens with one attached hydrogen (secondary N) is 2. The van der Waals surface area contributed by atoms with Crippen LogP contribution in [-0.4, -0.2) is 18.6 Å². The Kier molecular flexibility index (Phi) is 3.32. The van der Waals surface area contributed by atoms with Gasteiger partial charge in [0.1, 0.15) is 10.7 Å².